The lowest BCUT2D eigenvalue weighted by Crippen LogP contribution is -2.37. The van der Waals surface area contributed by atoms with E-state index in [9.17, 15) is 4.79 Å². The van der Waals surface area contributed by atoms with Crippen LogP contribution in [0.1, 0.15) is 39.9 Å². The average Bonchev–Trinajstić information content (AvgIpc) is 3.07. The number of carbonyl (C=O) groups excluding carboxylic acids is 1. The van der Waals surface area contributed by atoms with Gasteiger partial charge in [0.15, 0.2) is 0 Å². The van der Waals surface area contributed by atoms with Gasteiger partial charge in [-0.15, -0.1) is 0 Å². The summed E-state index contributed by atoms with van der Waals surface area (Å²) >= 11 is 0. The Bertz CT molecular complexity index is 441. The zero-order chi connectivity index (χ0) is 13.3. The molecule has 1 saturated carbocycles. The molecule has 0 aromatic heterocycles. The van der Waals surface area contributed by atoms with E-state index in [1.54, 1.807) is 0 Å². The second kappa shape index (κ2) is 5.11. The van der Waals surface area contributed by atoms with Crippen LogP contribution in [0.15, 0.2) is 12.1 Å². The summed E-state index contributed by atoms with van der Waals surface area (Å²) in [5.74, 6) is 0.151. The molecule has 0 atom stereocenters. The number of hydrogen-bond donors (Lipinski definition) is 1. The van der Waals surface area contributed by atoms with Crippen molar-refractivity contribution in [3.8, 4) is 0 Å². The van der Waals surface area contributed by atoms with Crippen LogP contribution >= 0.6 is 0 Å². The van der Waals surface area contributed by atoms with Gasteiger partial charge in [0.2, 0.25) is 0 Å². The van der Waals surface area contributed by atoms with E-state index >= 15 is 0 Å². The van der Waals surface area contributed by atoms with Crippen LogP contribution in [0.25, 0.3) is 0 Å². The third-order valence-corrected chi connectivity index (χ3v) is 3.51. The fourth-order valence-corrected chi connectivity index (χ4v) is 2.64. The van der Waals surface area contributed by atoms with E-state index in [4.69, 9.17) is 5.73 Å². The van der Waals surface area contributed by atoms with E-state index in [2.05, 4.69) is 19.1 Å². The molecule has 0 bridgehead atoms. The van der Waals surface area contributed by atoms with E-state index in [0.717, 1.165) is 29.5 Å². The standard InChI is InChI=1S/C15H22N2O/c1-10-8-11(2)14(12(3)9-10)15(18)17(7-6-16)13-4-5-13/h8-9,13H,4-7,16H2,1-3H3. The lowest BCUT2D eigenvalue weighted by atomic mass is 9.98. The van der Waals surface area contributed by atoms with Gasteiger partial charge in [0, 0.05) is 24.7 Å². The summed E-state index contributed by atoms with van der Waals surface area (Å²) in [5.41, 5.74) is 9.83. The Morgan fingerprint density at radius 1 is 1.28 bits per heavy atom. The third kappa shape index (κ3) is 2.56. The quantitative estimate of drug-likeness (QED) is 0.885. The summed E-state index contributed by atoms with van der Waals surface area (Å²) in [5, 5.41) is 0. The largest absolute Gasteiger partial charge is 0.334 e. The number of benzene rings is 1. The first-order valence-electron chi connectivity index (χ1n) is 6.63. The number of nitrogens with two attached hydrogens (primary N) is 1. The Balaban J connectivity index is 2.32. The molecule has 1 aromatic carbocycles. The smallest absolute Gasteiger partial charge is 0.254 e. The van der Waals surface area contributed by atoms with Crippen molar-refractivity contribution in [2.45, 2.75) is 39.7 Å². The van der Waals surface area contributed by atoms with Gasteiger partial charge in [-0.3, -0.25) is 4.79 Å². The maximum atomic E-state index is 12.6. The first kappa shape index (κ1) is 13.1. The number of rotatable bonds is 4. The normalized spacial score (nSPS) is 14.7. The highest BCUT2D eigenvalue weighted by Gasteiger charge is 2.33. The minimum absolute atomic E-state index is 0.151. The summed E-state index contributed by atoms with van der Waals surface area (Å²) in [7, 11) is 0. The van der Waals surface area contributed by atoms with Gasteiger partial charge in [-0.2, -0.15) is 0 Å². The van der Waals surface area contributed by atoms with Crippen molar-refractivity contribution in [2.75, 3.05) is 13.1 Å². The molecule has 3 nitrogen and oxygen atoms in total. The van der Waals surface area contributed by atoms with Crippen molar-refractivity contribution in [1.82, 2.24) is 4.90 Å². The van der Waals surface area contributed by atoms with Crippen LogP contribution in [0.4, 0.5) is 0 Å². The molecule has 0 unspecified atom stereocenters. The Morgan fingerprint density at radius 2 is 1.83 bits per heavy atom. The van der Waals surface area contributed by atoms with Gasteiger partial charge < -0.3 is 10.6 Å². The second-order valence-electron chi connectivity index (χ2n) is 5.29. The predicted molar refractivity (Wildman–Crippen MR) is 73.8 cm³/mol. The van der Waals surface area contributed by atoms with Gasteiger partial charge in [0.05, 0.1) is 0 Å². The summed E-state index contributed by atoms with van der Waals surface area (Å²) in [6, 6.07) is 4.57. The Labute approximate surface area is 109 Å². The van der Waals surface area contributed by atoms with Gasteiger partial charge in [-0.25, -0.2) is 0 Å². The van der Waals surface area contributed by atoms with E-state index in [-0.39, 0.29) is 5.91 Å². The van der Waals surface area contributed by atoms with Crippen LogP contribution in [-0.4, -0.2) is 29.9 Å². The molecule has 0 aliphatic heterocycles. The van der Waals surface area contributed by atoms with E-state index in [1.165, 1.54) is 5.56 Å². The number of carbonyl (C=O) groups is 1. The topological polar surface area (TPSA) is 46.3 Å². The summed E-state index contributed by atoms with van der Waals surface area (Å²) in [6.45, 7) is 7.29. The first-order chi connectivity index (χ1) is 8.54. The molecule has 1 fully saturated rings. The van der Waals surface area contributed by atoms with Crippen molar-refractivity contribution in [2.24, 2.45) is 5.73 Å². The second-order valence-corrected chi connectivity index (χ2v) is 5.29. The monoisotopic (exact) mass is 246 g/mol. The maximum absolute atomic E-state index is 12.6. The molecule has 2 rings (SSSR count). The van der Waals surface area contributed by atoms with Crippen molar-refractivity contribution in [1.29, 1.82) is 0 Å². The van der Waals surface area contributed by atoms with Crippen LogP contribution in [-0.2, 0) is 0 Å². The van der Waals surface area contributed by atoms with Gasteiger partial charge in [0.1, 0.15) is 0 Å². The summed E-state index contributed by atoms with van der Waals surface area (Å²) in [4.78, 5) is 14.6. The van der Waals surface area contributed by atoms with Gasteiger partial charge in [-0.1, -0.05) is 17.7 Å². The Kier molecular flexibility index (Phi) is 3.71. The SMILES string of the molecule is Cc1cc(C)c(C(=O)N(CCN)C2CC2)c(C)c1. The third-order valence-electron chi connectivity index (χ3n) is 3.51. The van der Waals surface area contributed by atoms with Crippen molar-refractivity contribution < 1.29 is 4.79 Å². The van der Waals surface area contributed by atoms with Gasteiger partial charge >= 0.3 is 0 Å². The molecule has 1 aromatic rings. The maximum Gasteiger partial charge on any atom is 0.254 e. The van der Waals surface area contributed by atoms with Crippen LogP contribution in [0.5, 0.6) is 0 Å². The van der Waals surface area contributed by atoms with Crippen LogP contribution in [0.3, 0.4) is 0 Å². The Hall–Kier alpha value is -1.35. The fraction of sp³-hybridized carbons (Fsp3) is 0.533. The van der Waals surface area contributed by atoms with Crippen LogP contribution in [0, 0.1) is 20.8 Å². The highest BCUT2D eigenvalue weighted by atomic mass is 16.2. The highest BCUT2D eigenvalue weighted by molar-refractivity contribution is 5.97. The molecule has 98 valence electrons. The van der Waals surface area contributed by atoms with Crippen LogP contribution < -0.4 is 5.73 Å². The number of aryl methyl sites for hydroxylation is 3. The number of amides is 1. The average molecular weight is 246 g/mol. The molecular weight excluding hydrogens is 224 g/mol. The van der Waals surface area contributed by atoms with Crippen molar-refractivity contribution in [3.05, 3.63) is 34.4 Å². The van der Waals surface area contributed by atoms with Crippen LogP contribution in [0.2, 0.25) is 0 Å². The van der Waals surface area contributed by atoms with E-state index in [0.29, 0.717) is 19.1 Å². The van der Waals surface area contributed by atoms with E-state index < -0.39 is 0 Å². The van der Waals surface area contributed by atoms with Gasteiger partial charge in [0.25, 0.3) is 5.91 Å². The number of hydrogen-bond acceptors (Lipinski definition) is 2. The minimum Gasteiger partial charge on any atom is -0.334 e. The molecule has 0 spiro atoms. The summed E-state index contributed by atoms with van der Waals surface area (Å²) in [6.07, 6.45) is 2.24. The van der Waals surface area contributed by atoms with Gasteiger partial charge in [-0.05, 0) is 44.7 Å². The number of nitrogens with zero attached hydrogens (tertiary/aromatic N) is 1. The molecule has 0 saturated heterocycles. The zero-order valence-corrected chi connectivity index (χ0v) is 11.5. The highest BCUT2D eigenvalue weighted by Crippen LogP contribution is 2.29. The van der Waals surface area contributed by atoms with E-state index in [1.807, 2.05) is 18.7 Å². The first-order valence-corrected chi connectivity index (χ1v) is 6.63. The zero-order valence-electron chi connectivity index (χ0n) is 11.5. The fourth-order valence-electron chi connectivity index (χ4n) is 2.64. The molecule has 1 amide bonds. The molecule has 3 heteroatoms. The molecule has 1 aliphatic carbocycles. The molecule has 18 heavy (non-hydrogen) atoms. The van der Waals surface area contributed by atoms with Crippen molar-refractivity contribution in [3.63, 3.8) is 0 Å². The van der Waals surface area contributed by atoms with Crippen molar-refractivity contribution >= 4 is 5.91 Å². The molecule has 0 radical (unpaired) electrons. The molecule has 0 heterocycles. The molecule has 2 N–H and O–H groups in total. The lowest BCUT2D eigenvalue weighted by molar-refractivity contribution is 0.0746. The molecule has 1 aliphatic rings. The minimum atomic E-state index is 0.151. The molecular formula is C15H22N2O. The lowest BCUT2D eigenvalue weighted by Gasteiger charge is -2.23. The Morgan fingerprint density at radius 3 is 2.28 bits per heavy atom. The predicted octanol–water partition coefficient (Wildman–Crippen LogP) is 2.18. The summed E-state index contributed by atoms with van der Waals surface area (Å²) < 4.78 is 0.